The number of pyridine rings is 1. The van der Waals surface area contributed by atoms with Crippen molar-refractivity contribution in [1.29, 1.82) is 0 Å². The molecule has 4 aliphatic rings. The van der Waals surface area contributed by atoms with Gasteiger partial charge >= 0.3 is 6.18 Å². The number of aromatic nitrogens is 3. The van der Waals surface area contributed by atoms with E-state index in [1.54, 1.807) is 6.20 Å². The predicted molar refractivity (Wildman–Crippen MR) is 162 cm³/mol. The van der Waals surface area contributed by atoms with E-state index in [0.717, 1.165) is 49.9 Å². The van der Waals surface area contributed by atoms with Gasteiger partial charge in [-0.2, -0.15) is 13.2 Å². The predicted octanol–water partition coefficient (Wildman–Crippen LogP) is 4.01. The van der Waals surface area contributed by atoms with Crippen LogP contribution in [-0.2, 0) is 20.8 Å². The first kappa shape index (κ1) is 30.3. The molecule has 0 aromatic carbocycles. The standard InChI is InChI=1S/C29H32F3N7O4S2/c1-16-13-38(6-5-37(16)2)24-9-19(17-3-4-17)21(12-33-24)35-28-34-11-20(29(30,31)32)25(36-28)22-10-23-26(44-22)27(40)39(18-14-43-15-18)7-8-45(23,41)42/h9-12,16-18H,3-8,13-15H2,1-2H3,(H,34,35,36). The van der Waals surface area contributed by atoms with Gasteiger partial charge in [0.1, 0.15) is 16.3 Å². The smallest absolute Gasteiger partial charge is 0.377 e. The van der Waals surface area contributed by atoms with Gasteiger partial charge in [0.25, 0.3) is 5.91 Å². The van der Waals surface area contributed by atoms with Crippen LogP contribution in [0.4, 0.5) is 30.6 Å². The van der Waals surface area contributed by atoms with E-state index < -0.39 is 33.2 Å². The summed E-state index contributed by atoms with van der Waals surface area (Å²) >= 11 is 0.699. The lowest BCUT2D eigenvalue weighted by atomic mass is 10.1. The summed E-state index contributed by atoms with van der Waals surface area (Å²) in [5, 5.41) is 3.08. The lowest BCUT2D eigenvalue weighted by molar-refractivity contribution is -0.137. The number of likely N-dealkylation sites (N-methyl/N-ethyl adjacent to an activating group) is 1. The fourth-order valence-electron chi connectivity index (χ4n) is 5.87. The lowest BCUT2D eigenvalue weighted by Crippen LogP contribution is -2.52. The molecular weight excluding hydrogens is 631 g/mol. The highest BCUT2D eigenvalue weighted by Crippen LogP contribution is 2.46. The number of amides is 1. The molecule has 2 saturated heterocycles. The topological polar surface area (TPSA) is 121 Å². The minimum absolute atomic E-state index is 0.00864. The number of nitrogens with one attached hydrogen (secondary N) is 1. The monoisotopic (exact) mass is 663 g/mol. The van der Waals surface area contributed by atoms with Crippen molar-refractivity contribution in [3.05, 3.63) is 40.5 Å². The van der Waals surface area contributed by atoms with Crippen molar-refractivity contribution in [3.8, 4) is 10.6 Å². The average Bonchev–Trinajstić information content (AvgIpc) is 3.72. The molecule has 0 bridgehead atoms. The van der Waals surface area contributed by atoms with Crippen LogP contribution in [0.5, 0.6) is 0 Å². The van der Waals surface area contributed by atoms with Gasteiger partial charge in [0.2, 0.25) is 5.95 Å². The van der Waals surface area contributed by atoms with Crippen molar-refractivity contribution in [2.24, 2.45) is 0 Å². The summed E-state index contributed by atoms with van der Waals surface area (Å²) in [7, 11) is -1.84. The van der Waals surface area contributed by atoms with Crippen molar-refractivity contribution in [2.45, 2.75) is 48.8 Å². The maximum Gasteiger partial charge on any atom is 0.420 e. The fraction of sp³-hybridized carbons (Fsp3) is 0.517. The van der Waals surface area contributed by atoms with Crippen molar-refractivity contribution >= 4 is 44.5 Å². The number of anilines is 3. The molecule has 3 fully saturated rings. The van der Waals surface area contributed by atoms with Crippen LogP contribution < -0.4 is 10.2 Å². The number of carbonyl (C=O) groups excluding carboxylic acids is 1. The van der Waals surface area contributed by atoms with Gasteiger partial charge in [0.05, 0.1) is 52.4 Å². The lowest BCUT2D eigenvalue weighted by Gasteiger charge is -2.38. The minimum atomic E-state index is -4.82. The molecule has 45 heavy (non-hydrogen) atoms. The zero-order chi connectivity index (χ0) is 31.7. The average molecular weight is 664 g/mol. The van der Waals surface area contributed by atoms with E-state index in [1.165, 1.54) is 4.90 Å². The first-order valence-electron chi connectivity index (χ1n) is 14.8. The summed E-state index contributed by atoms with van der Waals surface area (Å²) < 4.78 is 74.1. The molecule has 1 saturated carbocycles. The van der Waals surface area contributed by atoms with E-state index in [-0.39, 0.29) is 52.2 Å². The van der Waals surface area contributed by atoms with Crippen LogP contribution in [0.25, 0.3) is 10.6 Å². The number of sulfone groups is 1. The Bertz CT molecular complexity index is 1760. The molecule has 3 aromatic rings. The van der Waals surface area contributed by atoms with Gasteiger partial charge in [-0.05, 0) is 50.4 Å². The molecule has 6 heterocycles. The third-order valence-corrected chi connectivity index (χ3v) is 11.9. The van der Waals surface area contributed by atoms with Crippen LogP contribution in [-0.4, -0.2) is 103 Å². The Kier molecular flexibility index (Phi) is 7.53. The van der Waals surface area contributed by atoms with E-state index in [4.69, 9.17) is 4.74 Å². The highest BCUT2D eigenvalue weighted by atomic mass is 32.2. The Labute approximate surface area is 262 Å². The van der Waals surface area contributed by atoms with Crippen LogP contribution in [0.1, 0.15) is 46.5 Å². The van der Waals surface area contributed by atoms with E-state index >= 15 is 0 Å². The Balaban J connectivity index is 1.24. The Morgan fingerprint density at radius 2 is 1.87 bits per heavy atom. The SMILES string of the molecule is CC1CN(c2cc(C3CC3)c(Nc3ncc(C(F)(F)F)c(-c4cc5c(s4)C(=O)N(C4COC4)CCS5(=O)=O)n3)cn2)CCN1C. The number of ether oxygens (including phenoxy) is 1. The van der Waals surface area contributed by atoms with Gasteiger partial charge in [-0.15, -0.1) is 11.3 Å². The number of fused-ring (bicyclic) bond motifs is 1. The van der Waals surface area contributed by atoms with Gasteiger partial charge < -0.3 is 24.8 Å². The highest BCUT2D eigenvalue weighted by Gasteiger charge is 2.41. The number of carbonyl (C=O) groups is 1. The van der Waals surface area contributed by atoms with Crippen LogP contribution in [0.3, 0.4) is 0 Å². The number of alkyl halides is 3. The van der Waals surface area contributed by atoms with E-state index in [1.807, 2.05) is 6.07 Å². The van der Waals surface area contributed by atoms with E-state index in [0.29, 0.717) is 35.2 Å². The van der Waals surface area contributed by atoms with E-state index in [9.17, 15) is 26.4 Å². The second kappa shape index (κ2) is 11.2. The summed E-state index contributed by atoms with van der Waals surface area (Å²) in [6, 6.07) is 3.27. The second-order valence-electron chi connectivity index (χ2n) is 12.1. The molecule has 1 unspecified atom stereocenters. The molecule has 1 N–H and O–H groups in total. The zero-order valence-electron chi connectivity index (χ0n) is 24.7. The number of piperazine rings is 1. The summed E-state index contributed by atoms with van der Waals surface area (Å²) in [5.74, 6) is 0.188. The minimum Gasteiger partial charge on any atom is -0.377 e. The number of hydrogen-bond donors (Lipinski definition) is 1. The van der Waals surface area contributed by atoms with Crippen LogP contribution >= 0.6 is 11.3 Å². The summed E-state index contributed by atoms with van der Waals surface area (Å²) in [6.07, 6.45) is -0.485. The van der Waals surface area contributed by atoms with Gasteiger partial charge in [-0.25, -0.2) is 23.4 Å². The first-order chi connectivity index (χ1) is 21.4. The van der Waals surface area contributed by atoms with Gasteiger partial charge in [0, 0.05) is 38.4 Å². The molecule has 3 aliphatic heterocycles. The van der Waals surface area contributed by atoms with Gasteiger partial charge in [0.15, 0.2) is 9.84 Å². The van der Waals surface area contributed by atoms with Crippen molar-refractivity contribution in [2.75, 3.05) is 62.4 Å². The maximum atomic E-state index is 14.2. The molecule has 0 radical (unpaired) electrons. The molecule has 240 valence electrons. The fourth-order valence-corrected chi connectivity index (χ4v) is 8.78. The molecule has 11 nitrogen and oxygen atoms in total. The molecular formula is C29H32F3N7O4S2. The largest absolute Gasteiger partial charge is 0.420 e. The van der Waals surface area contributed by atoms with E-state index in [2.05, 4.69) is 44.0 Å². The zero-order valence-corrected chi connectivity index (χ0v) is 26.3. The van der Waals surface area contributed by atoms with Gasteiger partial charge in [-0.3, -0.25) is 4.79 Å². The molecule has 7 rings (SSSR count). The maximum absolute atomic E-state index is 14.2. The van der Waals surface area contributed by atoms with Crippen LogP contribution in [0.2, 0.25) is 0 Å². The number of hydrogen-bond acceptors (Lipinski definition) is 11. The van der Waals surface area contributed by atoms with Crippen LogP contribution in [0, 0.1) is 0 Å². The molecule has 16 heteroatoms. The second-order valence-corrected chi connectivity index (χ2v) is 15.2. The highest BCUT2D eigenvalue weighted by molar-refractivity contribution is 7.91. The Morgan fingerprint density at radius 1 is 1.09 bits per heavy atom. The molecule has 3 aromatic heterocycles. The quantitative estimate of drug-likeness (QED) is 0.414. The molecule has 0 spiro atoms. The van der Waals surface area contributed by atoms with Crippen molar-refractivity contribution < 1.29 is 31.1 Å². The summed E-state index contributed by atoms with van der Waals surface area (Å²) in [5.41, 5.74) is -0.0226. The Morgan fingerprint density at radius 3 is 2.53 bits per heavy atom. The normalized spacial score (nSPS) is 22.6. The third kappa shape index (κ3) is 5.77. The molecule has 1 amide bonds. The summed E-state index contributed by atoms with van der Waals surface area (Å²) in [6.45, 7) is 5.31. The molecule has 1 atom stereocenters. The van der Waals surface area contributed by atoms with Gasteiger partial charge in [-0.1, -0.05) is 0 Å². The molecule has 1 aliphatic carbocycles. The van der Waals surface area contributed by atoms with Crippen molar-refractivity contribution in [3.63, 3.8) is 0 Å². The number of rotatable bonds is 6. The first-order valence-corrected chi connectivity index (χ1v) is 17.3. The number of halogens is 3. The summed E-state index contributed by atoms with van der Waals surface area (Å²) in [4.78, 5) is 31.8. The third-order valence-electron chi connectivity index (χ3n) is 8.95. The van der Waals surface area contributed by atoms with Crippen molar-refractivity contribution in [1.82, 2.24) is 24.8 Å². The Hall–Kier alpha value is -3.34. The number of thiophene rings is 1. The van der Waals surface area contributed by atoms with Crippen LogP contribution in [0.15, 0.2) is 29.4 Å². The number of nitrogens with zero attached hydrogens (tertiary/aromatic N) is 6.